The summed E-state index contributed by atoms with van der Waals surface area (Å²) in [7, 11) is 0. The lowest BCUT2D eigenvalue weighted by Gasteiger charge is -2.32. The topological polar surface area (TPSA) is 63.1 Å². The fourth-order valence-corrected chi connectivity index (χ4v) is 4.50. The molecule has 1 amide bonds. The summed E-state index contributed by atoms with van der Waals surface area (Å²) in [5.74, 6) is 3.21. The van der Waals surface area contributed by atoms with E-state index in [1.165, 1.54) is 0 Å². The van der Waals surface area contributed by atoms with Crippen molar-refractivity contribution in [1.82, 2.24) is 25.0 Å². The van der Waals surface area contributed by atoms with Gasteiger partial charge in [0, 0.05) is 42.0 Å². The molecule has 1 aromatic carbocycles. The van der Waals surface area contributed by atoms with Crippen molar-refractivity contribution in [3.8, 4) is 0 Å². The molecule has 2 aliphatic heterocycles. The Morgan fingerprint density at radius 3 is 2.73 bits per heavy atom. The molecule has 1 saturated heterocycles. The maximum atomic E-state index is 12.5. The second-order valence-electron chi connectivity index (χ2n) is 6.70. The molecule has 0 bridgehead atoms. The van der Waals surface area contributed by atoms with Gasteiger partial charge in [0.05, 0.1) is 12.3 Å². The van der Waals surface area contributed by atoms with Gasteiger partial charge in [-0.15, -0.1) is 22.0 Å². The summed E-state index contributed by atoms with van der Waals surface area (Å²) in [5.41, 5.74) is 0. The molecule has 0 spiro atoms. The number of nitrogens with one attached hydrogen (secondary N) is 1. The van der Waals surface area contributed by atoms with Gasteiger partial charge in [0.2, 0.25) is 5.91 Å². The zero-order valence-corrected chi connectivity index (χ0v) is 16.1. The number of fused-ring (bicyclic) bond motifs is 1. The van der Waals surface area contributed by atoms with E-state index >= 15 is 0 Å². The quantitative estimate of drug-likeness (QED) is 0.811. The summed E-state index contributed by atoms with van der Waals surface area (Å²) in [5, 5.41) is 12.8. The Morgan fingerprint density at radius 1 is 1.19 bits per heavy atom. The van der Waals surface area contributed by atoms with Crippen molar-refractivity contribution in [3.05, 3.63) is 40.9 Å². The zero-order valence-electron chi connectivity index (χ0n) is 14.5. The molecule has 3 heterocycles. The van der Waals surface area contributed by atoms with E-state index in [1.54, 1.807) is 11.8 Å². The molecule has 4 rings (SSSR count). The van der Waals surface area contributed by atoms with E-state index in [0.29, 0.717) is 16.7 Å². The normalized spacial score (nSPS) is 18.0. The van der Waals surface area contributed by atoms with Crippen LogP contribution in [0.3, 0.4) is 0 Å². The molecule has 1 fully saturated rings. The first-order valence-corrected chi connectivity index (χ1v) is 10.4. The van der Waals surface area contributed by atoms with Gasteiger partial charge in [-0.25, -0.2) is 0 Å². The highest BCUT2D eigenvalue weighted by molar-refractivity contribution is 8.00. The number of carbonyl (C=O) groups is 1. The second kappa shape index (κ2) is 7.98. The molecule has 6 nitrogen and oxygen atoms in total. The van der Waals surface area contributed by atoms with Gasteiger partial charge < -0.3 is 14.8 Å². The monoisotopic (exact) mass is 391 g/mol. The average molecular weight is 392 g/mol. The number of benzene rings is 1. The van der Waals surface area contributed by atoms with Crippen molar-refractivity contribution in [2.45, 2.75) is 36.7 Å². The number of carbonyl (C=O) groups excluding carboxylic acids is 1. The van der Waals surface area contributed by atoms with Gasteiger partial charge in [-0.3, -0.25) is 4.79 Å². The smallest absolute Gasteiger partial charge is 0.232 e. The number of likely N-dealkylation sites (tertiary alicyclic amines) is 1. The first kappa shape index (κ1) is 17.8. The summed E-state index contributed by atoms with van der Waals surface area (Å²) in [6.07, 6.45) is 1.92. The fourth-order valence-electron chi connectivity index (χ4n) is 3.57. The van der Waals surface area contributed by atoms with E-state index in [2.05, 4.69) is 20.1 Å². The Bertz CT molecular complexity index is 770. The number of halogens is 1. The van der Waals surface area contributed by atoms with Gasteiger partial charge in [-0.2, -0.15) is 0 Å². The minimum absolute atomic E-state index is 0.205. The number of hydrogen-bond acceptors (Lipinski definition) is 5. The lowest BCUT2D eigenvalue weighted by molar-refractivity contribution is -0.129. The number of aromatic nitrogens is 3. The van der Waals surface area contributed by atoms with Gasteiger partial charge in [0.15, 0.2) is 0 Å². The van der Waals surface area contributed by atoms with Crippen LogP contribution in [0.5, 0.6) is 0 Å². The summed E-state index contributed by atoms with van der Waals surface area (Å²) >= 11 is 7.46. The van der Waals surface area contributed by atoms with Gasteiger partial charge in [-0.1, -0.05) is 11.6 Å². The number of rotatable bonds is 4. The number of amides is 1. The molecule has 0 aliphatic carbocycles. The second-order valence-corrected chi connectivity index (χ2v) is 8.19. The number of nitrogens with zero attached hydrogens (tertiary/aromatic N) is 4. The molecule has 0 radical (unpaired) electrons. The average Bonchev–Trinajstić information content (AvgIpc) is 3.11. The Morgan fingerprint density at radius 2 is 1.96 bits per heavy atom. The van der Waals surface area contributed by atoms with Crippen LogP contribution in [-0.2, 0) is 17.9 Å². The third-order valence-corrected chi connectivity index (χ3v) is 6.29. The van der Waals surface area contributed by atoms with Crippen LogP contribution in [0.2, 0.25) is 5.02 Å². The molecule has 8 heteroatoms. The van der Waals surface area contributed by atoms with Crippen molar-refractivity contribution in [2.75, 3.05) is 25.4 Å². The van der Waals surface area contributed by atoms with E-state index in [9.17, 15) is 4.79 Å². The van der Waals surface area contributed by atoms with E-state index in [-0.39, 0.29) is 5.91 Å². The predicted octanol–water partition coefficient (Wildman–Crippen LogP) is 2.53. The van der Waals surface area contributed by atoms with Crippen LogP contribution in [-0.4, -0.2) is 51.0 Å². The minimum Gasteiger partial charge on any atom is -0.342 e. The highest BCUT2D eigenvalue weighted by atomic mass is 35.5. The first-order valence-electron chi connectivity index (χ1n) is 8.99. The molecule has 2 aromatic rings. The van der Waals surface area contributed by atoms with Crippen LogP contribution in [0.25, 0.3) is 0 Å². The number of piperidine rings is 1. The summed E-state index contributed by atoms with van der Waals surface area (Å²) in [6, 6.07) is 7.62. The van der Waals surface area contributed by atoms with Crippen molar-refractivity contribution >= 4 is 29.3 Å². The van der Waals surface area contributed by atoms with Gasteiger partial charge in [-0.05, 0) is 37.1 Å². The lowest BCUT2D eigenvalue weighted by Crippen LogP contribution is -2.39. The standard InChI is InChI=1S/C18H22ClN5OS/c19-14-1-3-15(4-2-14)26-12-17(25)23-8-5-13(6-9-23)18-22-21-16-11-20-7-10-24(16)18/h1-4,13,20H,5-12H2. The van der Waals surface area contributed by atoms with Gasteiger partial charge in [0.1, 0.15) is 11.6 Å². The molecule has 26 heavy (non-hydrogen) atoms. The zero-order chi connectivity index (χ0) is 17.9. The van der Waals surface area contributed by atoms with Gasteiger partial charge in [0.25, 0.3) is 0 Å². The summed E-state index contributed by atoms with van der Waals surface area (Å²) < 4.78 is 2.26. The van der Waals surface area contributed by atoms with Crippen LogP contribution >= 0.6 is 23.4 Å². The third-order valence-electron chi connectivity index (χ3n) is 5.04. The molecule has 0 saturated carbocycles. The van der Waals surface area contributed by atoms with Crippen molar-refractivity contribution in [3.63, 3.8) is 0 Å². The highest BCUT2D eigenvalue weighted by Crippen LogP contribution is 2.28. The van der Waals surface area contributed by atoms with E-state index in [4.69, 9.17) is 11.6 Å². The van der Waals surface area contributed by atoms with E-state index in [1.807, 2.05) is 29.2 Å². The molecule has 1 aromatic heterocycles. The minimum atomic E-state index is 0.205. The van der Waals surface area contributed by atoms with Crippen molar-refractivity contribution in [2.24, 2.45) is 0 Å². The molecule has 1 N–H and O–H groups in total. The Balaban J connectivity index is 1.30. The summed E-state index contributed by atoms with van der Waals surface area (Å²) in [4.78, 5) is 15.6. The van der Waals surface area contributed by atoms with Crippen molar-refractivity contribution in [1.29, 1.82) is 0 Å². The maximum Gasteiger partial charge on any atom is 0.232 e. The first-order chi connectivity index (χ1) is 12.7. The molecular weight excluding hydrogens is 370 g/mol. The van der Waals surface area contributed by atoms with Crippen LogP contribution in [0.1, 0.15) is 30.4 Å². The van der Waals surface area contributed by atoms with Crippen LogP contribution < -0.4 is 5.32 Å². The SMILES string of the molecule is O=C(CSc1ccc(Cl)cc1)N1CCC(c2nnc3n2CCNC3)CC1. The molecule has 138 valence electrons. The maximum absolute atomic E-state index is 12.5. The van der Waals surface area contributed by atoms with E-state index < -0.39 is 0 Å². The molecule has 0 unspecified atom stereocenters. The fraction of sp³-hybridized carbons (Fsp3) is 0.500. The highest BCUT2D eigenvalue weighted by Gasteiger charge is 2.28. The Labute approximate surface area is 162 Å². The Hall–Kier alpha value is -1.57. The predicted molar refractivity (Wildman–Crippen MR) is 102 cm³/mol. The lowest BCUT2D eigenvalue weighted by atomic mass is 9.95. The van der Waals surface area contributed by atoms with Gasteiger partial charge >= 0.3 is 0 Å². The third kappa shape index (κ3) is 3.89. The number of hydrogen-bond donors (Lipinski definition) is 1. The Kier molecular flexibility index (Phi) is 5.47. The largest absolute Gasteiger partial charge is 0.342 e. The molecule has 2 aliphatic rings. The molecular formula is C18H22ClN5OS. The van der Waals surface area contributed by atoms with E-state index in [0.717, 1.165) is 62.1 Å². The molecule has 0 atom stereocenters. The number of thioether (sulfide) groups is 1. The van der Waals surface area contributed by atoms with Crippen LogP contribution in [0.4, 0.5) is 0 Å². The summed E-state index contributed by atoms with van der Waals surface area (Å²) in [6.45, 7) is 4.30. The van der Waals surface area contributed by atoms with Crippen LogP contribution in [0.15, 0.2) is 29.2 Å². The van der Waals surface area contributed by atoms with Crippen LogP contribution in [0, 0.1) is 0 Å². The van der Waals surface area contributed by atoms with Crippen molar-refractivity contribution < 1.29 is 4.79 Å².